The van der Waals surface area contributed by atoms with Crippen LogP contribution in [0.15, 0.2) is 48.5 Å². The normalized spacial score (nSPS) is 21.1. The molecule has 0 aromatic heterocycles. The van der Waals surface area contributed by atoms with Crippen molar-refractivity contribution in [2.75, 3.05) is 13.1 Å². The first-order valence-corrected chi connectivity index (χ1v) is 15.9. The van der Waals surface area contributed by atoms with Gasteiger partial charge in [-0.1, -0.05) is 59.6 Å². The Bertz CT molecular complexity index is 1360. The first kappa shape index (κ1) is 33.6. The molecular weight excluding hydrogens is 601 g/mol. The fourth-order valence-electron chi connectivity index (χ4n) is 6.03. The van der Waals surface area contributed by atoms with Crippen LogP contribution in [0.4, 0.5) is 4.79 Å². The van der Waals surface area contributed by atoms with Crippen LogP contribution in [0.1, 0.15) is 64.0 Å². The van der Waals surface area contributed by atoms with Crippen LogP contribution < -0.4 is 10.6 Å². The van der Waals surface area contributed by atoms with E-state index in [4.69, 9.17) is 27.9 Å². The molecule has 2 aromatic rings. The molecule has 0 spiro atoms. The molecule has 2 aromatic carbocycles. The van der Waals surface area contributed by atoms with E-state index in [1.165, 1.54) is 5.56 Å². The van der Waals surface area contributed by atoms with Crippen molar-refractivity contribution in [1.29, 1.82) is 5.26 Å². The fourth-order valence-corrected chi connectivity index (χ4v) is 6.35. The van der Waals surface area contributed by atoms with Gasteiger partial charge in [0, 0.05) is 38.1 Å². The minimum Gasteiger partial charge on any atom is -0.444 e. The number of hydrogen-bond acceptors (Lipinski definition) is 6. The van der Waals surface area contributed by atoms with Crippen LogP contribution in [0, 0.1) is 11.3 Å². The molecule has 4 rings (SSSR count). The van der Waals surface area contributed by atoms with Crippen LogP contribution in [0.2, 0.25) is 10.0 Å². The molecule has 2 aliphatic rings. The van der Waals surface area contributed by atoms with E-state index in [0.717, 1.165) is 18.4 Å². The summed E-state index contributed by atoms with van der Waals surface area (Å²) >= 11 is 12.2. The summed E-state index contributed by atoms with van der Waals surface area (Å²) in [5.74, 6) is -0.483. The topological polar surface area (TPSA) is 115 Å². The van der Waals surface area contributed by atoms with E-state index in [1.807, 2.05) is 39.0 Å². The number of amides is 3. The number of ether oxygens (including phenoxy) is 1. The number of fused-ring (bicyclic) bond motifs is 1. The molecule has 2 saturated heterocycles. The Kier molecular flexibility index (Phi) is 11.5. The van der Waals surface area contributed by atoms with Crippen molar-refractivity contribution in [2.45, 2.75) is 95.6 Å². The van der Waals surface area contributed by atoms with E-state index in [2.05, 4.69) is 33.7 Å². The average Bonchev–Trinajstić information content (AvgIpc) is 3.34. The van der Waals surface area contributed by atoms with Crippen LogP contribution in [-0.2, 0) is 27.3 Å². The van der Waals surface area contributed by atoms with Crippen LogP contribution >= 0.6 is 23.2 Å². The van der Waals surface area contributed by atoms with Crippen molar-refractivity contribution in [3.63, 3.8) is 0 Å². The van der Waals surface area contributed by atoms with Gasteiger partial charge >= 0.3 is 6.09 Å². The maximum Gasteiger partial charge on any atom is 0.407 e. The van der Waals surface area contributed by atoms with Gasteiger partial charge in [-0.3, -0.25) is 14.5 Å². The highest BCUT2D eigenvalue weighted by molar-refractivity contribution is 6.42. The van der Waals surface area contributed by atoms with Crippen molar-refractivity contribution >= 4 is 41.1 Å². The molecule has 4 atom stereocenters. The summed E-state index contributed by atoms with van der Waals surface area (Å²) < 4.78 is 5.49. The van der Waals surface area contributed by atoms with E-state index in [1.54, 1.807) is 23.1 Å². The molecule has 0 aliphatic carbocycles. The Hall–Kier alpha value is -3.32. The van der Waals surface area contributed by atoms with Gasteiger partial charge in [0.2, 0.25) is 11.8 Å². The van der Waals surface area contributed by atoms with Crippen LogP contribution in [0.5, 0.6) is 0 Å². The minimum atomic E-state index is -0.808. The number of carbonyl (C=O) groups excluding carboxylic acids is 3. The Labute approximate surface area is 269 Å². The highest BCUT2D eigenvalue weighted by Crippen LogP contribution is 2.31. The number of hydrogen-bond donors (Lipinski definition) is 2. The molecule has 2 heterocycles. The molecule has 1 unspecified atom stereocenters. The number of nitrogens with zero attached hydrogens (tertiary/aromatic N) is 3. The molecule has 2 fully saturated rings. The van der Waals surface area contributed by atoms with Gasteiger partial charge in [-0.2, -0.15) is 5.26 Å². The average molecular weight is 643 g/mol. The lowest BCUT2D eigenvalue weighted by molar-refractivity contribution is -0.143. The fraction of sp³-hybridized carbons (Fsp3) is 0.515. The molecule has 0 bridgehead atoms. The summed E-state index contributed by atoms with van der Waals surface area (Å²) in [7, 11) is 0. The maximum absolute atomic E-state index is 14.2. The zero-order valence-electron chi connectivity index (χ0n) is 25.5. The smallest absolute Gasteiger partial charge is 0.407 e. The summed E-state index contributed by atoms with van der Waals surface area (Å²) in [5, 5.41) is 16.1. The van der Waals surface area contributed by atoms with Gasteiger partial charge in [0.25, 0.3) is 0 Å². The van der Waals surface area contributed by atoms with E-state index in [9.17, 15) is 19.6 Å². The molecule has 11 heteroatoms. The molecule has 44 heavy (non-hydrogen) atoms. The van der Waals surface area contributed by atoms with Gasteiger partial charge < -0.3 is 20.3 Å². The number of aryl methyl sites for hydroxylation is 1. The predicted octanol–water partition coefficient (Wildman–Crippen LogP) is 5.48. The molecule has 2 aliphatic heterocycles. The van der Waals surface area contributed by atoms with Gasteiger partial charge in [0.1, 0.15) is 11.6 Å². The minimum absolute atomic E-state index is 0.0653. The Balaban J connectivity index is 1.54. The lowest BCUT2D eigenvalue weighted by Crippen LogP contribution is -2.53. The van der Waals surface area contributed by atoms with Crippen molar-refractivity contribution in [3.8, 4) is 6.07 Å². The molecular formula is C33H41Cl2N5O4. The Morgan fingerprint density at radius 2 is 1.86 bits per heavy atom. The second-order valence-electron chi connectivity index (χ2n) is 12.5. The monoisotopic (exact) mass is 641 g/mol. The third-order valence-corrected chi connectivity index (χ3v) is 8.81. The summed E-state index contributed by atoms with van der Waals surface area (Å²) in [6, 6.07) is 16.0. The standard InChI is InChI=1S/C33H41Cl2N5O4/c1-33(2,3)44-32(43)38-24-19-29-31(42)39(17-15-25(40(29)21-24)13-11-22-8-5-4-6-9-22)28(10-7-16-36)30(41)37-20-23-12-14-26(34)27(35)18-23/h4-6,8-9,12,14,18,24-25,28-29H,7,10-11,13,15,17,19-21H2,1-3H3,(H,37,41)(H,38,43)/t24-,25?,28-,29+/m1/s1. The highest BCUT2D eigenvalue weighted by atomic mass is 35.5. The van der Waals surface area contributed by atoms with Crippen molar-refractivity contribution < 1.29 is 19.1 Å². The van der Waals surface area contributed by atoms with Gasteiger partial charge in [-0.25, -0.2) is 4.79 Å². The van der Waals surface area contributed by atoms with E-state index < -0.39 is 23.8 Å². The lowest BCUT2D eigenvalue weighted by Gasteiger charge is -2.32. The lowest BCUT2D eigenvalue weighted by atomic mass is 10.0. The molecule has 0 radical (unpaired) electrons. The van der Waals surface area contributed by atoms with Gasteiger partial charge in [0.15, 0.2) is 0 Å². The van der Waals surface area contributed by atoms with Crippen molar-refractivity contribution in [1.82, 2.24) is 20.4 Å². The Morgan fingerprint density at radius 3 is 2.55 bits per heavy atom. The number of nitriles is 1. The Morgan fingerprint density at radius 1 is 1.11 bits per heavy atom. The SMILES string of the molecule is CC(C)(C)OC(=O)N[C@@H]1C[C@H]2C(=O)N([C@H](CCC#N)C(=O)NCc3ccc(Cl)c(Cl)c3)CCC(CCc3ccccc3)N2C1. The summed E-state index contributed by atoms with van der Waals surface area (Å²) in [5.41, 5.74) is 1.34. The number of nitrogens with one attached hydrogen (secondary N) is 2. The zero-order chi connectivity index (χ0) is 31.9. The predicted molar refractivity (Wildman–Crippen MR) is 170 cm³/mol. The number of alkyl carbamates (subject to hydrolysis) is 1. The van der Waals surface area contributed by atoms with Crippen LogP contribution in [-0.4, -0.2) is 70.6 Å². The number of benzene rings is 2. The van der Waals surface area contributed by atoms with Crippen LogP contribution in [0.25, 0.3) is 0 Å². The van der Waals surface area contributed by atoms with Crippen LogP contribution in [0.3, 0.4) is 0 Å². The summed E-state index contributed by atoms with van der Waals surface area (Å²) in [6.07, 6.45) is 2.57. The molecule has 9 nitrogen and oxygen atoms in total. The third-order valence-electron chi connectivity index (χ3n) is 8.07. The number of carbonyl (C=O) groups is 3. The second-order valence-corrected chi connectivity index (χ2v) is 13.3. The molecule has 2 N–H and O–H groups in total. The summed E-state index contributed by atoms with van der Waals surface area (Å²) in [6.45, 7) is 6.54. The van der Waals surface area contributed by atoms with E-state index in [-0.39, 0.29) is 43.3 Å². The highest BCUT2D eigenvalue weighted by Gasteiger charge is 2.47. The molecule has 3 amide bonds. The van der Waals surface area contributed by atoms with Crippen molar-refractivity contribution in [3.05, 3.63) is 69.7 Å². The largest absolute Gasteiger partial charge is 0.444 e. The van der Waals surface area contributed by atoms with Gasteiger partial charge in [-0.05, 0) is 76.1 Å². The van der Waals surface area contributed by atoms with Gasteiger partial charge in [0.05, 0.1) is 22.2 Å². The number of halogens is 2. The number of rotatable bonds is 10. The first-order chi connectivity index (χ1) is 20.9. The van der Waals surface area contributed by atoms with E-state index in [0.29, 0.717) is 36.0 Å². The zero-order valence-corrected chi connectivity index (χ0v) is 27.0. The second kappa shape index (κ2) is 15.1. The first-order valence-electron chi connectivity index (χ1n) is 15.1. The summed E-state index contributed by atoms with van der Waals surface area (Å²) in [4.78, 5) is 44.3. The molecule has 0 saturated carbocycles. The van der Waals surface area contributed by atoms with E-state index >= 15 is 0 Å². The van der Waals surface area contributed by atoms with Crippen molar-refractivity contribution in [2.24, 2.45) is 0 Å². The van der Waals surface area contributed by atoms with Gasteiger partial charge in [-0.15, -0.1) is 0 Å². The third kappa shape index (κ3) is 9.10. The quantitative estimate of drug-likeness (QED) is 0.355. The molecule has 236 valence electrons. The maximum atomic E-state index is 14.2.